The van der Waals surface area contributed by atoms with Gasteiger partial charge in [-0.2, -0.15) is 0 Å². The fourth-order valence-electron chi connectivity index (χ4n) is 1.66. The number of unbranched alkanes of at least 4 members (excludes halogenated alkanes) is 5. The molecule has 1 aromatic rings. The maximum Gasteiger partial charge on any atom is 0.168 e. The lowest BCUT2D eigenvalue weighted by Crippen LogP contribution is -2.32. The predicted octanol–water partition coefficient (Wildman–Crippen LogP) is 3.10. The van der Waals surface area contributed by atoms with Crippen LogP contribution in [0.5, 0.6) is 0 Å². The van der Waals surface area contributed by atoms with Crippen molar-refractivity contribution in [2.75, 3.05) is 0 Å². The lowest BCUT2D eigenvalue weighted by molar-refractivity contribution is -0.697. The highest BCUT2D eigenvalue weighted by Gasteiger charge is 1.96. The van der Waals surface area contributed by atoms with Crippen LogP contribution >= 0.6 is 0 Å². The first-order chi connectivity index (χ1) is 8.66. The molecule has 0 bridgehead atoms. The fourth-order valence-corrected chi connectivity index (χ4v) is 1.66. The summed E-state index contributed by atoms with van der Waals surface area (Å²) in [7, 11) is 0. The van der Waals surface area contributed by atoms with Crippen molar-refractivity contribution in [1.29, 1.82) is 0 Å². The summed E-state index contributed by atoms with van der Waals surface area (Å²) in [6.07, 6.45) is 12.5. The Morgan fingerprint density at radius 3 is 2.00 bits per heavy atom. The zero-order valence-corrected chi connectivity index (χ0v) is 11.0. The van der Waals surface area contributed by atoms with Gasteiger partial charge in [-0.15, -0.1) is 0 Å². The van der Waals surface area contributed by atoms with E-state index in [9.17, 15) is 0 Å². The lowest BCUT2D eigenvalue weighted by atomic mass is 10.1. The minimum absolute atomic E-state index is 1.17. The van der Waals surface area contributed by atoms with E-state index in [2.05, 4.69) is 42.1 Å². The van der Waals surface area contributed by atoms with Crippen molar-refractivity contribution in [3.63, 3.8) is 0 Å². The van der Waals surface area contributed by atoms with E-state index in [-0.39, 0.29) is 0 Å². The van der Waals surface area contributed by atoms with Gasteiger partial charge in [-0.25, -0.2) is 4.57 Å². The molecule has 102 valence electrons. The molecule has 1 aromatic heterocycles. The highest BCUT2D eigenvalue weighted by molar-refractivity contribution is 4.83. The van der Waals surface area contributed by atoms with Crippen LogP contribution in [0.3, 0.4) is 0 Å². The normalized spacial score (nSPS) is 9.39. The van der Waals surface area contributed by atoms with Crippen LogP contribution in [0.2, 0.25) is 0 Å². The van der Waals surface area contributed by atoms with Crippen molar-refractivity contribution < 1.29 is 9.65 Å². The van der Waals surface area contributed by atoms with E-state index in [1.807, 2.05) is 0 Å². The Labute approximate surface area is 108 Å². The number of rotatable bonds is 7. The molecule has 0 aliphatic rings. The van der Waals surface area contributed by atoms with Crippen molar-refractivity contribution in [3.8, 4) is 0 Å². The molecule has 5 heteroatoms. The van der Waals surface area contributed by atoms with E-state index in [0.29, 0.717) is 0 Å². The number of aromatic nitrogens is 1. The summed E-state index contributed by atoms with van der Waals surface area (Å²) >= 11 is 0. The molecule has 0 saturated heterocycles. The number of aryl methyl sites for hydroxylation is 1. The van der Waals surface area contributed by atoms with Crippen molar-refractivity contribution in [1.82, 2.24) is 0 Å². The molecule has 0 radical (unpaired) electrons. The summed E-state index contributed by atoms with van der Waals surface area (Å²) < 4.78 is 2.26. The number of hydrogen-bond donors (Lipinski definition) is 0. The van der Waals surface area contributed by atoms with E-state index >= 15 is 0 Å². The van der Waals surface area contributed by atoms with Gasteiger partial charge in [-0.1, -0.05) is 38.7 Å². The van der Waals surface area contributed by atoms with Crippen LogP contribution in [0.1, 0.15) is 45.4 Å². The Bertz CT molecular complexity index is 300. The van der Waals surface area contributed by atoms with Crippen molar-refractivity contribution in [3.05, 3.63) is 45.9 Å². The molecule has 0 aliphatic carbocycles. The zero-order valence-electron chi connectivity index (χ0n) is 11.0. The predicted molar refractivity (Wildman–Crippen MR) is 70.4 cm³/mol. The first kappa shape index (κ1) is 16.4. The van der Waals surface area contributed by atoms with Gasteiger partial charge in [0.05, 0.1) is 5.09 Å². The second kappa shape index (κ2) is 11.8. The van der Waals surface area contributed by atoms with Crippen LogP contribution < -0.4 is 4.57 Å². The molecule has 0 aromatic carbocycles. The molecule has 1 heterocycles. The molecule has 0 atom stereocenters. The van der Waals surface area contributed by atoms with E-state index in [1.165, 1.54) is 45.1 Å². The van der Waals surface area contributed by atoms with Gasteiger partial charge in [0.1, 0.15) is 6.54 Å². The first-order valence-corrected chi connectivity index (χ1v) is 6.42. The Hall–Kier alpha value is -1.65. The van der Waals surface area contributed by atoms with E-state index in [1.54, 1.807) is 0 Å². The van der Waals surface area contributed by atoms with Gasteiger partial charge in [-0.05, 0) is 6.42 Å². The Balaban J connectivity index is 0.000000631. The van der Waals surface area contributed by atoms with Gasteiger partial charge in [0.25, 0.3) is 0 Å². The van der Waals surface area contributed by atoms with Crippen molar-refractivity contribution >= 4 is 0 Å². The highest BCUT2D eigenvalue weighted by Crippen LogP contribution is 2.04. The van der Waals surface area contributed by atoms with Gasteiger partial charge < -0.3 is 15.3 Å². The van der Waals surface area contributed by atoms with Gasteiger partial charge in [-0.3, -0.25) is 0 Å². The maximum atomic E-state index is 8.25. The van der Waals surface area contributed by atoms with Crippen LogP contribution in [-0.4, -0.2) is 5.09 Å². The van der Waals surface area contributed by atoms with Crippen LogP contribution in [0.25, 0.3) is 0 Å². The standard InChI is InChI=1S/C13H22N.NO3/c1-2-3-4-5-6-8-11-14-12-9-7-10-13-14;2-1(3)4/h7,9-10,12-13H,2-6,8,11H2,1H3;/q+1;-1. The third-order valence-corrected chi connectivity index (χ3v) is 2.55. The highest BCUT2D eigenvalue weighted by atomic mass is 16.9. The van der Waals surface area contributed by atoms with Crippen molar-refractivity contribution in [2.45, 2.75) is 52.0 Å². The van der Waals surface area contributed by atoms with Gasteiger partial charge in [0, 0.05) is 18.6 Å². The smallest absolute Gasteiger partial charge is 0.168 e. The number of pyridine rings is 1. The summed E-state index contributed by atoms with van der Waals surface area (Å²) in [6.45, 7) is 3.44. The van der Waals surface area contributed by atoms with Gasteiger partial charge >= 0.3 is 0 Å². The average molecular weight is 254 g/mol. The molecule has 0 saturated carbocycles. The topological polar surface area (TPSA) is 70.1 Å². The molecule has 0 N–H and O–H groups in total. The van der Waals surface area contributed by atoms with Gasteiger partial charge in [0.2, 0.25) is 0 Å². The Kier molecular flexibility index (Phi) is 10.7. The molecule has 0 unspecified atom stereocenters. The van der Waals surface area contributed by atoms with E-state index < -0.39 is 5.09 Å². The first-order valence-electron chi connectivity index (χ1n) is 6.42. The van der Waals surface area contributed by atoms with Crippen LogP contribution in [0.4, 0.5) is 0 Å². The van der Waals surface area contributed by atoms with Crippen molar-refractivity contribution in [2.24, 2.45) is 0 Å². The van der Waals surface area contributed by atoms with Crippen LogP contribution in [0.15, 0.2) is 30.6 Å². The maximum absolute atomic E-state index is 8.25. The SMILES string of the molecule is CCCCCCCC[n+]1ccccc1.O=[N+]([O-])[O-]. The molecule has 0 fully saturated rings. The average Bonchev–Trinajstić information content (AvgIpc) is 2.34. The summed E-state index contributed by atoms with van der Waals surface area (Å²) in [5.74, 6) is 0. The molecular formula is C13H22N2O3. The largest absolute Gasteiger partial charge is 0.356 e. The number of hydrogen-bond acceptors (Lipinski definition) is 3. The second-order valence-corrected chi connectivity index (χ2v) is 4.10. The van der Waals surface area contributed by atoms with Gasteiger partial charge in [0.15, 0.2) is 12.4 Å². The Morgan fingerprint density at radius 1 is 0.944 bits per heavy atom. The molecule has 0 spiro atoms. The molecular weight excluding hydrogens is 232 g/mol. The van der Waals surface area contributed by atoms with E-state index in [0.717, 1.165) is 0 Å². The minimum Gasteiger partial charge on any atom is -0.356 e. The minimum atomic E-state index is -1.75. The van der Waals surface area contributed by atoms with Crippen LogP contribution in [-0.2, 0) is 6.54 Å². The third kappa shape index (κ3) is 12.4. The quantitative estimate of drug-likeness (QED) is 0.325. The van der Waals surface area contributed by atoms with E-state index in [4.69, 9.17) is 15.3 Å². The zero-order chi connectivity index (χ0) is 13.6. The molecule has 0 amide bonds. The van der Waals surface area contributed by atoms with Crippen LogP contribution in [0, 0.1) is 15.3 Å². The number of nitrogens with zero attached hydrogens (tertiary/aromatic N) is 2. The summed E-state index contributed by atoms with van der Waals surface area (Å²) in [5.41, 5.74) is 0. The summed E-state index contributed by atoms with van der Waals surface area (Å²) in [6, 6.07) is 6.26. The molecule has 1 rings (SSSR count). The lowest BCUT2D eigenvalue weighted by Gasteiger charge is -1.98. The molecule has 0 aliphatic heterocycles. The monoisotopic (exact) mass is 254 g/mol. The third-order valence-electron chi connectivity index (χ3n) is 2.55. The molecule has 18 heavy (non-hydrogen) atoms. The summed E-state index contributed by atoms with van der Waals surface area (Å²) in [5, 5.41) is 14.8. The fraction of sp³-hybridized carbons (Fsp3) is 0.615. The Morgan fingerprint density at radius 2 is 1.44 bits per heavy atom. The summed E-state index contributed by atoms with van der Waals surface area (Å²) in [4.78, 5) is 8.25. The molecule has 5 nitrogen and oxygen atoms in total. The second-order valence-electron chi connectivity index (χ2n) is 4.10.